The van der Waals surface area contributed by atoms with Crippen molar-refractivity contribution in [2.24, 2.45) is 0 Å². The molecule has 0 unspecified atom stereocenters. The average molecular weight is 504 g/mol. The van der Waals surface area contributed by atoms with E-state index in [0.29, 0.717) is 30.4 Å². The van der Waals surface area contributed by atoms with E-state index in [4.69, 9.17) is 11.6 Å². The van der Waals surface area contributed by atoms with Gasteiger partial charge in [0.05, 0.1) is 4.34 Å². The van der Waals surface area contributed by atoms with Crippen molar-refractivity contribution in [3.63, 3.8) is 0 Å². The summed E-state index contributed by atoms with van der Waals surface area (Å²) in [6.45, 7) is 4.81. The molecule has 1 saturated heterocycles. The molecule has 0 spiro atoms. The highest BCUT2D eigenvalue weighted by atomic mass is 35.5. The van der Waals surface area contributed by atoms with Crippen molar-refractivity contribution in [3.05, 3.63) is 58.1 Å². The Kier molecular flexibility index (Phi) is 6.11. The Balaban J connectivity index is 1.45. The fraction of sp³-hybridized carbons (Fsp3) is 0.375. The standard InChI is InChI=1S/C24H26ClN3O3S2/c1-17-24(18-10-14-27(15-11-18)33(30,31)23-9-8-21(25)32-23)19-6-2-3-7-20(19)28(17)16-22(29)26-12-4-5-13-26/h2-3,6-10H,4-5,11-16H2,1H3. The maximum Gasteiger partial charge on any atom is 0.252 e. The summed E-state index contributed by atoms with van der Waals surface area (Å²) < 4.78 is 30.3. The molecule has 1 fully saturated rings. The summed E-state index contributed by atoms with van der Waals surface area (Å²) in [5.41, 5.74) is 4.35. The predicted octanol–water partition coefficient (Wildman–Crippen LogP) is 4.77. The molecule has 3 aromatic rings. The summed E-state index contributed by atoms with van der Waals surface area (Å²) in [4.78, 5) is 14.8. The summed E-state index contributed by atoms with van der Waals surface area (Å²) in [5.74, 6) is 0.160. The monoisotopic (exact) mass is 503 g/mol. The number of rotatable bonds is 5. The molecule has 0 N–H and O–H groups in total. The van der Waals surface area contributed by atoms with E-state index in [1.165, 1.54) is 4.31 Å². The van der Waals surface area contributed by atoms with Gasteiger partial charge in [0.2, 0.25) is 5.91 Å². The van der Waals surface area contributed by atoms with E-state index in [-0.39, 0.29) is 10.1 Å². The van der Waals surface area contributed by atoms with E-state index in [0.717, 1.165) is 65.0 Å². The maximum absolute atomic E-state index is 13.0. The number of fused-ring (bicyclic) bond motifs is 1. The molecular formula is C24H26ClN3O3S2. The summed E-state index contributed by atoms with van der Waals surface area (Å²) in [6, 6.07) is 11.3. The number of thiophene rings is 1. The fourth-order valence-corrected chi connectivity index (χ4v) is 7.92. The number of benzene rings is 1. The van der Waals surface area contributed by atoms with E-state index in [2.05, 4.69) is 23.6 Å². The Morgan fingerprint density at radius 3 is 2.52 bits per heavy atom. The van der Waals surface area contributed by atoms with Gasteiger partial charge < -0.3 is 9.47 Å². The molecule has 2 aliphatic rings. The number of sulfonamides is 1. The number of amides is 1. The molecule has 2 aliphatic heterocycles. The first-order valence-corrected chi connectivity index (χ1v) is 13.8. The molecule has 1 amide bonds. The van der Waals surface area contributed by atoms with Crippen molar-refractivity contribution in [2.45, 2.75) is 36.9 Å². The van der Waals surface area contributed by atoms with Crippen molar-refractivity contribution >= 4 is 55.3 Å². The molecule has 33 heavy (non-hydrogen) atoms. The van der Waals surface area contributed by atoms with E-state index < -0.39 is 10.0 Å². The Bertz CT molecular complexity index is 1350. The van der Waals surface area contributed by atoms with E-state index >= 15 is 0 Å². The highest BCUT2D eigenvalue weighted by Crippen LogP contribution is 2.36. The van der Waals surface area contributed by atoms with Gasteiger partial charge in [-0.15, -0.1) is 11.3 Å². The van der Waals surface area contributed by atoms with Crippen LogP contribution in [0.4, 0.5) is 0 Å². The van der Waals surface area contributed by atoms with Crippen LogP contribution in [0.15, 0.2) is 46.7 Å². The van der Waals surface area contributed by atoms with Gasteiger partial charge in [-0.3, -0.25) is 4.79 Å². The highest BCUT2D eigenvalue weighted by Gasteiger charge is 2.29. The Hall–Kier alpha value is -2.13. The molecule has 0 atom stereocenters. The van der Waals surface area contributed by atoms with E-state index in [1.807, 2.05) is 23.1 Å². The number of para-hydroxylation sites is 1. The first-order chi connectivity index (χ1) is 15.9. The molecule has 2 aromatic heterocycles. The van der Waals surface area contributed by atoms with E-state index in [1.54, 1.807) is 12.1 Å². The zero-order valence-electron chi connectivity index (χ0n) is 18.5. The molecule has 174 valence electrons. The van der Waals surface area contributed by atoms with Gasteiger partial charge in [0.1, 0.15) is 10.8 Å². The Morgan fingerprint density at radius 2 is 1.85 bits per heavy atom. The molecule has 5 rings (SSSR count). The van der Waals surface area contributed by atoms with Crippen molar-refractivity contribution in [1.29, 1.82) is 0 Å². The van der Waals surface area contributed by atoms with Crippen LogP contribution in [0.25, 0.3) is 16.5 Å². The van der Waals surface area contributed by atoms with Crippen molar-refractivity contribution in [1.82, 2.24) is 13.8 Å². The lowest BCUT2D eigenvalue weighted by Crippen LogP contribution is -2.34. The van der Waals surface area contributed by atoms with Gasteiger partial charge in [-0.25, -0.2) is 8.42 Å². The number of hydrogen-bond donors (Lipinski definition) is 0. The third kappa shape index (κ3) is 4.14. The van der Waals surface area contributed by atoms with Crippen LogP contribution in [0.1, 0.15) is 30.5 Å². The van der Waals surface area contributed by atoms with Gasteiger partial charge in [0.15, 0.2) is 0 Å². The van der Waals surface area contributed by atoms with Crippen LogP contribution in [0.3, 0.4) is 0 Å². The smallest absolute Gasteiger partial charge is 0.252 e. The van der Waals surface area contributed by atoms with Crippen molar-refractivity contribution in [2.75, 3.05) is 26.2 Å². The van der Waals surface area contributed by atoms with Gasteiger partial charge in [-0.05, 0) is 50.0 Å². The summed E-state index contributed by atoms with van der Waals surface area (Å²) in [5, 5.41) is 1.11. The second kappa shape index (κ2) is 8.91. The fourth-order valence-electron chi connectivity index (χ4n) is 4.90. The molecule has 0 saturated carbocycles. The number of nitrogens with zero attached hydrogens (tertiary/aromatic N) is 3. The number of hydrogen-bond acceptors (Lipinski definition) is 4. The van der Waals surface area contributed by atoms with Crippen LogP contribution in [-0.2, 0) is 21.4 Å². The third-order valence-corrected chi connectivity index (χ3v) is 10.2. The molecule has 0 aliphatic carbocycles. The van der Waals surface area contributed by atoms with Crippen LogP contribution in [0.5, 0.6) is 0 Å². The highest BCUT2D eigenvalue weighted by molar-refractivity contribution is 7.91. The number of aromatic nitrogens is 1. The number of halogens is 1. The third-order valence-electron chi connectivity index (χ3n) is 6.62. The van der Waals surface area contributed by atoms with E-state index in [9.17, 15) is 13.2 Å². The van der Waals surface area contributed by atoms with Crippen LogP contribution in [-0.4, -0.2) is 54.3 Å². The molecular weight excluding hydrogens is 478 g/mol. The van der Waals surface area contributed by atoms with Gasteiger partial charge >= 0.3 is 0 Å². The first kappa shape index (κ1) is 22.7. The topological polar surface area (TPSA) is 62.6 Å². The second-order valence-corrected chi connectivity index (χ2v) is 12.4. The van der Waals surface area contributed by atoms with Crippen LogP contribution >= 0.6 is 22.9 Å². The van der Waals surface area contributed by atoms with Crippen LogP contribution in [0, 0.1) is 6.92 Å². The Morgan fingerprint density at radius 1 is 1.09 bits per heavy atom. The summed E-state index contributed by atoms with van der Waals surface area (Å²) in [6.07, 6.45) is 4.78. The predicted molar refractivity (Wildman–Crippen MR) is 133 cm³/mol. The minimum atomic E-state index is -3.55. The van der Waals surface area contributed by atoms with Gasteiger partial charge in [-0.1, -0.05) is 35.9 Å². The van der Waals surface area contributed by atoms with Gasteiger partial charge in [-0.2, -0.15) is 4.31 Å². The Labute approximate surface area is 203 Å². The van der Waals surface area contributed by atoms with Crippen molar-refractivity contribution in [3.8, 4) is 0 Å². The lowest BCUT2D eigenvalue weighted by atomic mass is 9.97. The molecule has 0 bridgehead atoms. The quantitative estimate of drug-likeness (QED) is 0.504. The SMILES string of the molecule is Cc1c(C2=CCN(S(=O)(=O)c3ccc(Cl)s3)CC2)c2ccccc2n1CC(=O)N1CCCC1. The minimum Gasteiger partial charge on any atom is -0.341 e. The zero-order valence-corrected chi connectivity index (χ0v) is 20.8. The largest absolute Gasteiger partial charge is 0.341 e. The van der Waals surface area contributed by atoms with Crippen LogP contribution in [0.2, 0.25) is 4.34 Å². The van der Waals surface area contributed by atoms with Gasteiger partial charge in [0.25, 0.3) is 10.0 Å². The summed E-state index contributed by atoms with van der Waals surface area (Å²) >= 11 is 7.04. The lowest BCUT2D eigenvalue weighted by Gasteiger charge is -2.25. The molecule has 9 heteroatoms. The van der Waals surface area contributed by atoms with Crippen LogP contribution < -0.4 is 0 Å². The second-order valence-electron chi connectivity index (χ2n) is 8.55. The lowest BCUT2D eigenvalue weighted by molar-refractivity contribution is -0.130. The molecule has 4 heterocycles. The minimum absolute atomic E-state index is 0.160. The maximum atomic E-state index is 13.0. The first-order valence-electron chi connectivity index (χ1n) is 11.2. The van der Waals surface area contributed by atoms with Gasteiger partial charge in [0, 0.05) is 48.3 Å². The molecule has 6 nitrogen and oxygen atoms in total. The average Bonchev–Trinajstić information content (AvgIpc) is 3.55. The zero-order chi connectivity index (χ0) is 23.2. The number of carbonyl (C=O) groups excluding carboxylic acids is 1. The number of likely N-dealkylation sites (tertiary alicyclic amines) is 1. The molecule has 0 radical (unpaired) electrons. The number of carbonyl (C=O) groups is 1. The molecule has 1 aromatic carbocycles. The summed E-state index contributed by atoms with van der Waals surface area (Å²) in [7, 11) is -3.55. The van der Waals surface area contributed by atoms with Crippen molar-refractivity contribution < 1.29 is 13.2 Å². The normalized spacial score (nSPS) is 17.6.